The number of hydrogen-bond acceptors (Lipinski definition) is 7. The van der Waals surface area contributed by atoms with Crippen LogP contribution in [-0.4, -0.2) is 26.4 Å². The van der Waals surface area contributed by atoms with Crippen molar-refractivity contribution < 1.29 is 9.21 Å². The van der Waals surface area contributed by atoms with Crippen LogP contribution in [0.1, 0.15) is 40.8 Å². The third-order valence-corrected chi connectivity index (χ3v) is 7.93. The number of furan rings is 1. The van der Waals surface area contributed by atoms with Crippen LogP contribution < -0.4 is 5.32 Å². The summed E-state index contributed by atoms with van der Waals surface area (Å²) in [5.74, 6) is 1.24. The first kappa shape index (κ1) is 22.4. The van der Waals surface area contributed by atoms with Crippen molar-refractivity contribution in [3.8, 4) is 17.7 Å². The van der Waals surface area contributed by atoms with Crippen LogP contribution in [0.3, 0.4) is 0 Å². The topological polar surface area (TPSA) is 96.7 Å². The predicted molar refractivity (Wildman–Crippen MR) is 133 cm³/mol. The summed E-state index contributed by atoms with van der Waals surface area (Å²) in [6, 6.07) is 16.0. The minimum absolute atomic E-state index is 0.160. The molecule has 5 rings (SSSR count). The lowest BCUT2D eigenvalue weighted by Gasteiger charge is -2.09. The predicted octanol–water partition coefficient (Wildman–Crippen LogP) is 5.52. The summed E-state index contributed by atoms with van der Waals surface area (Å²) in [5.41, 5.74) is 2.85. The van der Waals surface area contributed by atoms with Crippen molar-refractivity contribution in [2.45, 2.75) is 43.8 Å². The summed E-state index contributed by atoms with van der Waals surface area (Å²) < 4.78 is 7.51. The number of nitrogens with one attached hydrogen (secondary N) is 1. The zero-order valence-corrected chi connectivity index (χ0v) is 20.1. The molecule has 0 saturated heterocycles. The van der Waals surface area contributed by atoms with Crippen LogP contribution in [0, 0.1) is 11.3 Å². The Bertz CT molecular complexity index is 1320. The van der Waals surface area contributed by atoms with E-state index in [1.54, 1.807) is 17.6 Å². The van der Waals surface area contributed by atoms with Gasteiger partial charge in [0.15, 0.2) is 10.9 Å². The molecule has 1 N–H and O–H groups in total. The van der Waals surface area contributed by atoms with E-state index in [1.807, 2.05) is 47.0 Å². The monoisotopic (exact) mass is 489 g/mol. The average Bonchev–Trinajstić information content (AvgIpc) is 3.54. The number of thiophene rings is 1. The molecule has 0 radical (unpaired) electrons. The highest BCUT2D eigenvalue weighted by molar-refractivity contribution is 7.99. The van der Waals surface area contributed by atoms with Gasteiger partial charge >= 0.3 is 0 Å². The van der Waals surface area contributed by atoms with Gasteiger partial charge in [-0.2, -0.15) is 5.26 Å². The molecule has 0 aliphatic heterocycles. The van der Waals surface area contributed by atoms with Crippen LogP contribution in [0.5, 0.6) is 0 Å². The lowest BCUT2D eigenvalue weighted by Crippen LogP contribution is -2.15. The number of carbonyl (C=O) groups excluding carboxylic acids is 1. The van der Waals surface area contributed by atoms with E-state index in [0.717, 1.165) is 36.8 Å². The number of benzene rings is 1. The molecule has 9 heteroatoms. The van der Waals surface area contributed by atoms with Gasteiger partial charge in [-0.1, -0.05) is 48.5 Å². The molecule has 7 nitrogen and oxygen atoms in total. The largest absolute Gasteiger partial charge is 0.461 e. The van der Waals surface area contributed by atoms with Crippen LogP contribution in [0.4, 0.5) is 5.00 Å². The first-order valence-corrected chi connectivity index (χ1v) is 13.0. The first-order chi connectivity index (χ1) is 16.7. The molecular formula is C25H23N5O2S2. The number of carbonyl (C=O) groups is 1. The number of anilines is 1. The van der Waals surface area contributed by atoms with Crippen LogP contribution >= 0.6 is 23.1 Å². The van der Waals surface area contributed by atoms with Gasteiger partial charge in [0.1, 0.15) is 11.1 Å². The minimum Gasteiger partial charge on any atom is -0.461 e. The number of aryl methyl sites for hydroxylation is 1. The lowest BCUT2D eigenvalue weighted by molar-refractivity contribution is -0.113. The Morgan fingerprint density at radius 2 is 2.00 bits per heavy atom. The molecule has 4 aromatic rings. The van der Waals surface area contributed by atoms with E-state index in [0.29, 0.717) is 33.9 Å². The molecule has 34 heavy (non-hydrogen) atoms. The highest BCUT2D eigenvalue weighted by Gasteiger charge is 2.22. The Morgan fingerprint density at radius 3 is 2.79 bits per heavy atom. The molecule has 3 aromatic heterocycles. The maximum Gasteiger partial charge on any atom is 0.235 e. The molecule has 1 aliphatic rings. The second-order valence-corrected chi connectivity index (χ2v) is 10.1. The molecule has 0 fully saturated rings. The molecular weight excluding hydrogens is 466 g/mol. The molecule has 0 saturated carbocycles. The lowest BCUT2D eigenvalue weighted by atomic mass is 10.1. The molecule has 1 aliphatic carbocycles. The van der Waals surface area contributed by atoms with Gasteiger partial charge in [0, 0.05) is 4.88 Å². The van der Waals surface area contributed by atoms with Gasteiger partial charge in [0.25, 0.3) is 0 Å². The van der Waals surface area contributed by atoms with Crippen molar-refractivity contribution in [2.75, 3.05) is 11.1 Å². The number of hydrogen-bond donors (Lipinski definition) is 1. The first-order valence-electron chi connectivity index (χ1n) is 11.2. The molecule has 1 aromatic carbocycles. The Hall–Kier alpha value is -3.35. The Balaban J connectivity index is 1.32. The zero-order chi connectivity index (χ0) is 23.3. The number of nitriles is 1. The maximum atomic E-state index is 12.8. The van der Waals surface area contributed by atoms with Crippen LogP contribution in [0.2, 0.25) is 0 Å². The molecule has 172 valence electrons. The van der Waals surface area contributed by atoms with E-state index in [9.17, 15) is 10.1 Å². The van der Waals surface area contributed by atoms with Gasteiger partial charge < -0.3 is 9.73 Å². The van der Waals surface area contributed by atoms with Gasteiger partial charge in [0.2, 0.25) is 11.7 Å². The van der Waals surface area contributed by atoms with Gasteiger partial charge in [-0.3, -0.25) is 9.36 Å². The van der Waals surface area contributed by atoms with Gasteiger partial charge in [0.05, 0.1) is 24.1 Å². The third kappa shape index (κ3) is 4.79. The quantitative estimate of drug-likeness (QED) is 0.271. The second kappa shape index (κ2) is 10.3. The summed E-state index contributed by atoms with van der Waals surface area (Å²) in [7, 11) is 0. The standard InChI is InChI=1S/C25H23N5O2S2/c26-14-19-18-10-5-2-6-12-21(18)34-24(19)27-22(31)16-33-25-29-28-23(20-11-7-13-32-20)30(25)15-17-8-3-1-4-9-17/h1,3-4,7-9,11,13H,2,5-6,10,12,15-16H2,(H,27,31). The smallest absolute Gasteiger partial charge is 0.235 e. The second-order valence-electron chi connectivity index (χ2n) is 8.07. The minimum atomic E-state index is -0.160. The Morgan fingerprint density at radius 1 is 1.15 bits per heavy atom. The number of nitrogens with zero attached hydrogens (tertiary/aromatic N) is 4. The fourth-order valence-electron chi connectivity index (χ4n) is 4.13. The summed E-state index contributed by atoms with van der Waals surface area (Å²) in [5, 5.41) is 22.6. The number of fused-ring (bicyclic) bond motifs is 1. The maximum absolute atomic E-state index is 12.8. The summed E-state index contributed by atoms with van der Waals surface area (Å²) in [6.07, 6.45) is 6.92. The number of rotatable bonds is 7. The number of thioether (sulfide) groups is 1. The third-order valence-electron chi connectivity index (χ3n) is 5.76. The number of aromatic nitrogens is 3. The normalized spacial score (nSPS) is 13.1. The molecule has 0 atom stereocenters. The SMILES string of the molecule is N#Cc1c(NC(=O)CSc2nnc(-c3ccco3)n2Cc2ccccc2)sc2c1CCCCC2. The van der Waals surface area contributed by atoms with Crippen LogP contribution in [0.15, 0.2) is 58.3 Å². The van der Waals surface area contributed by atoms with Crippen LogP contribution in [-0.2, 0) is 24.2 Å². The molecule has 0 unspecified atom stereocenters. The Labute approximate surface area is 205 Å². The fourth-order valence-corrected chi connectivity index (χ4v) is 6.13. The highest BCUT2D eigenvalue weighted by atomic mass is 32.2. The van der Waals surface area contributed by atoms with E-state index in [-0.39, 0.29) is 11.7 Å². The van der Waals surface area contributed by atoms with E-state index in [1.165, 1.54) is 23.1 Å². The zero-order valence-electron chi connectivity index (χ0n) is 18.5. The summed E-state index contributed by atoms with van der Waals surface area (Å²) in [6.45, 7) is 0.560. The molecule has 0 spiro atoms. The van der Waals surface area contributed by atoms with Crippen molar-refractivity contribution in [2.24, 2.45) is 0 Å². The summed E-state index contributed by atoms with van der Waals surface area (Å²) in [4.78, 5) is 14.1. The average molecular weight is 490 g/mol. The van der Waals surface area contributed by atoms with E-state index >= 15 is 0 Å². The van der Waals surface area contributed by atoms with E-state index in [4.69, 9.17) is 4.42 Å². The molecule has 1 amide bonds. The van der Waals surface area contributed by atoms with Crippen molar-refractivity contribution in [3.05, 3.63) is 70.3 Å². The van der Waals surface area contributed by atoms with Crippen molar-refractivity contribution in [1.29, 1.82) is 5.26 Å². The van der Waals surface area contributed by atoms with Gasteiger partial charge in [-0.05, 0) is 48.9 Å². The van der Waals surface area contributed by atoms with Crippen molar-refractivity contribution in [1.82, 2.24) is 14.8 Å². The number of amides is 1. The van der Waals surface area contributed by atoms with Gasteiger partial charge in [-0.15, -0.1) is 21.5 Å². The Kier molecular flexibility index (Phi) is 6.79. The summed E-state index contributed by atoms with van der Waals surface area (Å²) >= 11 is 2.87. The van der Waals surface area contributed by atoms with E-state index in [2.05, 4.69) is 21.6 Å². The van der Waals surface area contributed by atoms with Crippen LogP contribution in [0.25, 0.3) is 11.6 Å². The van der Waals surface area contributed by atoms with Crippen molar-refractivity contribution >= 4 is 34.0 Å². The van der Waals surface area contributed by atoms with Crippen molar-refractivity contribution in [3.63, 3.8) is 0 Å². The molecule has 0 bridgehead atoms. The van der Waals surface area contributed by atoms with E-state index < -0.39 is 0 Å². The fraction of sp³-hybridized carbons (Fsp3) is 0.280. The highest BCUT2D eigenvalue weighted by Crippen LogP contribution is 2.37. The molecule has 3 heterocycles. The van der Waals surface area contributed by atoms with Gasteiger partial charge in [-0.25, -0.2) is 0 Å².